The van der Waals surface area contributed by atoms with Crippen molar-refractivity contribution in [2.24, 2.45) is 5.92 Å². The maximum absolute atomic E-state index is 12.8. The summed E-state index contributed by atoms with van der Waals surface area (Å²) in [6, 6.07) is 3.58. The minimum atomic E-state index is -0.959. The van der Waals surface area contributed by atoms with Gasteiger partial charge in [-0.25, -0.2) is 0 Å². The summed E-state index contributed by atoms with van der Waals surface area (Å²) in [5, 5.41) is 24.6. The second-order valence-corrected chi connectivity index (χ2v) is 9.59. The Morgan fingerprint density at radius 1 is 1.35 bits per heavy atom. The Labute approximate surface area is 153 Å². The van der Waals surface area contributed by atoms with E-state index in [9.17, 15) is 15.0 Å². The predicted octanol–water partition coefficient (Wildman–Crippen LogP) is 1.04. The molecule has 1 spiro atoms. The lowest BCUT2D eigenvalue weighted by molar-refractivity contribution is -0.950. The fraction of sp³-hybridized carbons (Fsp3) is 0.667. The van der Waals surface area contributed by atoms with Crippen LogP contribution in [0.25, 0.3) is 0 Å². The van der Waals surface area contributed by atoms with Gasteiger partial charge in [0, 0.05) is 30.7 Å². The van der Waals surface area contributed by atoms with Gasteiger partial charge in [-0.05, 0) is 24.8 Å². The van der Waals surface area contributed by atoms with E-state index in [2.05, 4.69) is 7.05 Å². The van der Waals surface area contributed by atoms with Crippen LogP contribution in [0.1, 0.15) is 43.2 Å². The molecule has 5 atom stereocenters. The summed E-state index contributed by atoms with van der Waals surface area (Å²) in [7, 11) is 2.29. The molecule has 1 unspecified atom stereocenters. The zero-order valence-electron chi connectivity index (χ0n) is 15.2. The maximum atomic E-state index is 12.8. The first-order valence-electron chi connectivity index (χ1n) is 9.98. The molecule has 0 aromatic heterocycles. The molecule has 138 valence electrons. The molecule has 2 saturated carbocycles. The molecule has 0 amide bonds. The van der Waals surface area contributed by atoms with Gasteiger partial charge in [0.15, 0.2) is 11.9 Å². The minimum Gasteiger partial charge on any atom is -0.870 e. The van der Waals surface area contributed by atoms with Gasteiger partial charge < -0.3 is 19.4 Å². The van der Waals surface area contributed by atoms with E-state index in [-0.39, 0.29) is 17.6 Å². The molecular formula is C21H25NO4. The SMILES string of the molecule is C[N+]1(CC2CC2)CC[C@]23c4c5ccc([O-])c4O[C@H]2C(=O)CC[C@@]3(O)[C@H]1C5. The lowest BCUT2D eigenvalue weighted by Gasteiger charge is -2.64. The fourth-order valence-electron chi connectivity index (χ4n) is 6.93. The first-order chi connectivity index (χ1) is 12.4. The summed E-state index contributed by atoms with van der Waals surface area (Å²) in [5.74, 6) is 1.02. The number of likely N-dealkylation sites (tertiary alicyclic amines) is 1. The van der Waals surface area contributed by atoms with Crippen molar-refractivity contribution in [3.05, 3.63) is 23.3 Å². The van der Waals surface area contributed by atoms with E-state index in [0.29, 0.717) is 18.6 Å². The molecule has 3 fully saturated rings. The number of rotatable bonds is 2. The van der Waals surface area contributed by atoms with Gasteiger partial charge >= 0.3 is 0 Å². The smallest absolute Gasteiger partial charge is 0.174 e. The van der Waals surface area contributed by atoms with Crippen molar-refractivity contribution >= 4 is 5.78 Å². The van der Waals surface area contributed by atoms with Gasteiger partial charge in [-0.3, -0.25) is 4.79 Å². The lowest BCUT2D eigenvalue weighted by atomic mass is 9.48. The number of quaternary nitrogens is 1. The first-order valence-corrected chi connectivity index (χ1v) is 9.98. The topological polar surface area (TPSA) is 69.6 Å². The van der Waals surface area contributed by atoms with Gasteiger partial charge in [0.2, 0.25) is 0 Å². The number of ketones is 1. The van der Waals surface area contributed by atoms with E-state index >= 15 is 0 Å². The highest BCUT2D eigenvalue weighted by atomic mass is 16.5. The number of likely N-dealkylation sites (N-methyl/N-ethyl adjacent to an activating group) is 1. The average molecular weight is 355 g/mol. The van der Waals surface area contributed by atoms with Gasteiger partial charge in [-0.2, -0.15) is 0 Å². The number of piperidine rings is 1. The normalized spacial score (nSPS) is 45.2. The van der Waals surface area contributed by atoms with Crippen molar-refractivity contribution in [3.63, 3.8) is 0 Å². The van der Waals surface area contributed by atoms with Crippen molar-refractivity contribution in [2.75, 3.05) is 20.1 Å². The molecule has 0 radical (unpaired) electrons. The number of benzene rings is 1. The van der Waals surface area contributed by atoms with Crippen LogP contribution in [0.4, 0.5) is 0 Å². The number of carbonyl (C=O) groups excluding carboxylic acids is 1. The predicted molar refractivity (Wildman–Crippen MR) is 91.9 cm³/mol. The number of Topliss-reactive ketones (excluding diaryl/α,β-unsaturated/α-hetero) is 1. The molecule has 1 aromatic rings. The average Bonchev–Trinajstić information content (AvgIpc) is 3.32. The molecule has 26 heavy (non-hydrogen) atoms. The standard InChI is InChI=1S/C21H25NO4/c1-22(11-12-2-3-12)9-8-20-17-13-4-5-14(23)18(17)26-19(20)15(24)6-7-21(20,25)16(22)10-13/h4-5,12,16,19,25H,2-3,6-11H2,1H3/t16-,19+,20+,21-,22?/m1/s1. The summed E-state index contributed by atoms with van der Waals surface area (Å²) in [4.78, 5) is 12.8. The zero-order chi connectivity index (χ0) is 17.9. The van der Waals surface area contributed by atoms with Crippen molar-refractivity contribution in [2.45, 2.75) is 61.7 Å². The highest BCUT2D eigenvalue weighted by Gasteiger charge is 2.76. The molecule has 5 nitrogen and oxygen atoms in total. The second kappa shape index (κ2) is 4.45. The van der Waals surface area contributed by atoms with E-state index in [0.717, 1.165) is 47.5 Å². The van der Waals surface area contributed by atoms with E-state index < -0.39 is 17.1 Å². The Morgan fingerprint density at radius 3 is 2.92 bits per heavy atom. The molecule has 5 aliphatic rings. The number of hydrogen-bond acceptors (Lipinski definition) is 4. The molecule has 1 saturated heterocycles. The summed E-state index contributed by atoms with van der Waals surface area (Å²) in [6.45, 7) is 2.06. The van der Waals surface area contributed by atoms with Gasteiger partial charge in [0.05, 0.1) is 25.6 Å². The Morgan fingerprint density at radius 2 is 2.15 bits per heavy atom. The molecule has 5 heteroatoms. The first kappa shape index (κ1) is 15.5. The molecule has 3 aliphatic carbocycles. The Bertz CT molecular complexity index is 849. The number of carbonyl (C=O) groups is 1. The van der Waals surface area contributed by atoms with Crippen molar-refractivity contribution in [1.82, 2.24) is 0 Å². The van der Waals surface area contributed by atoms with Gasteiger partial charge in [-0.15, -0.1) is 0 Å². The van der Waals surface area contributed by atoms with Crippen molar-refractivity contribution in [1.29, 1.82) is 0 Å². The largest absolute Gasteiger partial charge is 0.870 e. The summed E-state index contributed by atoms with van der Waals surface area (Å²) < 4.78 is 6.91. The fourth-order valence-corrected chi connectivity index (χ4v) is 6.93. The van der Waals surface area contributed by atoms with Crippen molar-refractivity contribution < 1.29 is 24.2 Å². The summed E-state index contributed by atoms with van der Waals surface area (Å²) in [5.41, 5.74) is 0.322. The van der Waals surface area contributed by atoms with Crippen molar-refractivity contribution in [3.8, 4) is 11.5 Å². The Hall–Kier alpha value is -1.59. The minimum absolute atomic E-state index is 0.0511. The number of aliphatic hydroxyl groups is 1. The van der Waals surface area contributed by atoms with Gasteiger partial charge in [0.1, 0.15) is 17.4 Å². The molecular weight excluding hydrogens is 330 g/mol. The number of nitrogens with zero attached hydrogens (tertiary/aromatic N) is 1. The quantitative estimate of drug-likeness (QED) is 0.805. The number of ether oxygens (including phenoxy) is 1. The van der Waals surface area contributed by atoms with Crippen LogP contribution < -0.4 is 9.84 Å². The van der Waals surface area contributed by atoms with E-state index in [1.54, 1.807) is 6.07 Å². The molecule has 1 N–H and O–H groups in total. The maximum Gasteiger partial charge on any atom is 0.174 e. The van der Waals surface area contributed by atoms with Crippen LogP contribution in [0.5, 0.6) is 11.5 Å². The number of hydrogen-bond donors (Lipinski definition) is 1. The monoisotopic (exact) mass is 355 g/mol. The highest BCUT2D eigenvalue weighted by Crippen LogP contribution is 2.65. The molecule has 1 aromatic carbocycles. The summed E-state index contributed by atoms with van der Waals surface area (Å²) >= 11 is 0. The third-order valence-corrected chi connectivity index (χ3v) is 8.26. The third-order valence-electron chi connectivity index (χ3n) is 8.26. The van der Waals surface area contributed by atoms with Crippen LogP contribution >= 0.6 is 0 Å². The van der Waals surface area contributed by atoms with Crippen LogP contribution in [-0.4, -0.2) is 53.3 Å². The van der Waals surface area contributed by atoms with Crippen LogP contribution in [0.2, 0.25) is 0 Å². The van der Waals surface area contributed by atoms with E-state index in [1.807, 2.05) is 6.07 Å². The van der Waals surface area contributed by atoms with E-state index in [4.69, 9.17) is 4.74 Å². The molecule has 2 heterocycles. The molecule has 2 bridgehead atoms. The Kier molecular flexibility index (Phi) is 2.65. The lowest BCUT2D eigenvalue weighted by Crippen LogP contribution is -2.80. The second-order valence-electron chi connectivity index (χ2n) is 9.59. The van der Waals surface area contributed by atoms with Crippen LogP contribution in [0, 0.1) is 5.92 Å². The van der Waals surface area contributed by atoms with Crippen LogP contribution in [0.3, 0.4) is 0 Å². The highest BCUT2D eigenvalue weighted by molar-refractivity contribution is 5.89. The van der Waals surface area contributed by atoms with Gasteiger partial charge in [0.25, 0.3) is 0 Å². The summed E-state index contributed by atoms with van der Waals surface area (Å²) in [6.07, 6.45) is 4.26. The van der Waals surface area contributed by atoms with Crippen LogP contribution in [0.15, 0.2) is 12.1 Å². The van der Waals surface area contributed by atoms with Crippen LogP contribution in [-0.2, 0) is 16.6 Å². The molecule has 2 aliphatic heterocycles. The van der Waals surface area contributed by atoms with Gasteiger partial charge in [-0.1, -0.05) is 17.9 Å². The zero-order valence-corrected chi connectivity index (χ0v) is 15.2. The van der Waals surface area contributed by atoms with E-state index in [1.165, 1.54) is 12.8 Å². The Balaban J connectivity index is 1.60. The third kappa shape index (κ3) is 1.55. The molecule has 6 rings (SSSR count).